The van der Waals surface area contributed by atoms with Crippen molar-refractivity contribution in [1.29, 1.82) is 0 Å². The summed E-state index contributed by atoms with van der Waals surface area (Å²) in [6.45, 7) is 5.41. The van der Waals surface area contributed by atoms with Crippen LogP contribution in [0.25, 0.3) is 0 Å². The number of nitrogens with one attached hydrogen (secondary N) is 1. The first-order valence-electron chi connectivity index (χ1n) is 11.2. The predicted octanol–water partition coefficient (Wildman–Crippen LogP) is 4.28. The van der Waals surface area contributed by atoms with Crippen LogP contribution in [0.2, 0.25) is 0 Å². The molecular formula is C24H33FN4O2. The standard InChI is InChI=1S/C24H33FN4O2/c1-4-24(11-12-29(16-24)15-18-7-5-6-8-20(18)25)21-19(22(30-2)31-3)14-27-23(28-21)26-13-17-9-10-17/h5-8,14,17,22H,4,9-13,15-16H2,1-3H3,(H,26,27,28). The molecule has 6 nitrogen and oxygen atoms in total. The first kappa shape index (κ1) is 22.1. The zero-order valence-electron chi connectivity index (χ0n) is 18.7. The molecule has 1 saturated heterocycles. The number of aromatic nitrogens is 2. The lowest BCUT2D eigenvalue weighted by Crippen LogP contribution is -2.34. The van der Waals surface area contributed by atoms with Gasteiger partial charge in [0.05, 0.1) is 5.69 Å². The van der Waals surface area contributed by atoms with Gasteiger partial charge in [0.2, 0.25) is 5.95 Å². The smallest absolute Gasteiger partial charge is 0.222 e. The summed E-state index contributed by atoms with van der Waals surface area (Å²) < 4.78 is 25.4. The topological polar surface area (TPSA) is 59.5 Å². The van der Waals surface area contributed by atoms with Gasteiger partial charge in [-0.1, -0.05) is 25.1 Å². The van der Waals surface area contributed by atoms with Gasteiger partial charge in [-0.25, -0.2) is 14.4 Å². The van der Waals surface area contributed by atoms with Gasteiger partial charge in [-0.3, -0.25) is 4.90 Å². The van der Waals surface area contributed by atoms with E-state index in [1.54, 1.807) is 20.3 Å². The Labute approximate surface area is 184 Å². The van der Waals surface area contributed by atoms with Gasteiger partial charge in [0, 0.05) is 56.6 Å². The van der Waals surface area contributed by atoms with Crippen LogP contribution in [0.3, 0.4) is 0 Å². The van der Waals surface area contributed by atoms with Gasteiger partial charge in [0.25, 0.3) is 0 Å². The van der Waals surface area contributed by atoms with E-state index < -0.39 is 6.29 Å². The number of rotatable bonds is 10. The number of hydrogen-bond acceptors (Lipinski definition) is 6. The normalized spacial score (nSPS) is 21.7. The molecular weight excluding hydrogens is 395 g/mol. The third-order valence-corrected chi connectivity index (χ3v) is 6.71. The molecule has 2 heterocycles. The van der Waals surface area contributed by atoms with E-state index in [2.05, 4.69) is 22.1 Å². The molecule has 1 N–H and O–H groups in total. The predicted molar refractivity (Wildman–Crippen MR) is 118 cm³/mol. The maximum absolute atomic E-state index is 14.2. The van der Waals surface area contributed by atoms with E-state index in [0.717, 1.165) is 55.2 Å². The van der Waals surface area contributed by atoms with Gasteiger partial charge in [0.1, 0.15) is 5.82 Å². The highest BCUT2D eigenvalue weighted by Gasteiger charge is 2.42. The van der Waals surface area contributed by atoms with E-state index in [4.69, 9.17) is 14.5 Å². The Hall–Kier alpha value is -2.09. The highest BCUT2D eigenvalue weighted by molar-refractivity contribution is 5.36. The molecule has 1 saturated carbocycles. The summed E-state index contributed by atoms with van der Waals surface area (Å²) in [7, 11) is 3.27. The number of methoxy groups -OCH3 is 2. The van der Waals surface area contributed by atoms with E-state index >= 15 is 0 Å². The quantitative estimate of drug-likeness (QED) is 0.570. The van der Waals surface area contributed by atoms with Gasteiger partial charge in [-0.2, -0.15) is 0 Å². The fourth-order valence-corrected chi connectivity index (χ4v) is 4.59. The van der Waals surface area contributed by atoms with Crippen molar-refractivity contribution in [1.82, 2.24) is 14.9 Å². The third kappa shape index (κ3) is 4.89. The molecule has 4 rings (SSSR count). The number of nitrogens with zero attached hydrogens (tertiary/aromatic N) is 3. The van der Waals surface area contributed by atoms with Crippen LogP contribution < -0.4 is 5.32 Å². The number of hydrogen-bond donors (Lipinski definition) is 1. The molecule has 7 heteroatoms. The zero-order chi connectivity index (χ0) is 21.8. The van der Waals surface area contributed by atoms with Crippen molar-refractivity contribution < 1.29 is 13.9 Å². The van der Waals surface area contributed by atoms with E-state index in [-0.39, 0.29) is 11.2 Å². The highest BCUT2D eigenvalue weighted by atomic mass is 19.1. The van der Waals surface area contributed by atoms with Crippen LogP contribution in [0.5, 0.6) is 0 Å². The molecule has 0 spiro atoms. The van der Waals surface area contributed by atoms with Crippen molar-refractivity contribution in [2.24, 2.45) is 5.92 Å². The van der Waals surface area contributed by atoms with Crippen molar-refractivity contribution >= 4 is 5.95 Å². The Kier molecular flexibility index (Phi) is 6.84. The van der Waals surface area contributed by atoms with Crippen molar-refractivity contribution in [3.8, 4) is 0 Å². The Balaban J connectivity index is 1.62. The summed E-state index contributed by atoms with van der Waals surface area (Å²) in [5.74, 6) is 1.25. The first-order valence-corrected chi connectivity index (χ1v) is 11.2. The lowest BCUT2D eigenvalue weighted by atomic mass is 9.78. The number of likely N-dealkylation sites (tertiary alicyclic amines) is 1. The molecule has 0 radical (unpaired) electrons. The van der Waals surface area contributed by atoms with Crippen LogP contribution in [0.4, 0.5) is 10.3 Å². The Morgan fingerprint density at radius 1 is 1.26 bits per heavy atom. The number of anilines is 1. The molecule has 1 unspecified atom stereocenters. The summed E-state index contributed by atoms with van der Waals surface area (Å²) in [6, 6.07) is 7.02. The first-order chi connectivity index (χ1) is 15.1. The van der Waals surface area contributed by atoms with Crippen LogP contribution in [0.15, 0.2) is 30.5 Å². The molecule has 1 aromatic carbocycles. The maximum Gasteiger partial charge on any atom is 0.222 e. The summed E-state index contributed by atoms with van der Waals surface area (Å²) in [6.07, 6.45) is 5.74. The maximum atomic E-state index is 14.2. The largest absolute Gasteiger partial charge is 0.354 e. The zero-order valence-corrected chi connectivity index (χ0v) is 18.7. The molecule has 1 aliphatic carbocycles. The van der Waals surface area contributed by atoms with Gasteiger partial charge in [-0.15, -0.1) is 0 Å². The molecule has 1 aromatic heterocycles. The van der Waals surface area contributed by atoms with Crippen molar-refractivity contribution in [3.05, 3.63) is 53.1 Å². The van der Waals surface area contributed by atoms with Crippen molar-refractivity contribution in [3.63, 3.8) is 0 Å². The lowest BCUT2D eigenvalue weighted by Gasteiger charge is -2.31. The van der Waals surface area contributed by atoms with Gasteiger partial charge in [-0.05, 0) is 44.2 Å². The van der Waals surface area contributed by atoms with Crippen molar-refractivity contribution in [2.45, 2.75) is 50.9 Å². The fraction of sp³-hybridized carbons (Fsp3) is 0.583. The third-order valence-electron chi connectivity index (χ3n) is 6.71. The van der Waals surface area contributed by atoms with Gasteiger partial charge >= 0.3 is 0 Å². The minimum Gasteiger partial charge on any atom is -0.354 e. The van der Waals surface area contributed by atoms with Crippen LogP contribution in [-0.4, -0.2) is 48.7 Å². The molecule has 1 atom stereocenters. The van der Waals surface area contributed by atoms with E-state index in [1.807, 2.05) is 18.3 Å². The van der Waals surface area contributed by atoms with Gasteiger partial charge in [0.15, 0.2) is 6.29 Å². The minimum atomic E-state index is -0.517. The molecule has 0 amide bonds. The summed E-state index contributed by atoms with van der Waals surface area (Å²) >= 11 is 0. The molecule has 168 valence electrons. The van der Waals surface area contributed by atoms with Crippen LogP contribution in [0.1, 0.15) is 55.7 Å². The Bertz CT molecular complexity index is 888. The van der Waals surface area contributed by atoms with Gasteiger partial charge < -0.3 is 14.8 Å². The van der Waals surface area contributed by atoms with E-state index in [0.29, 0.717) is 12.5 Å². The molecule has 2 aliphatic rings. The number of benzene rings is 1. The lowest BCUT2D eigenvalue weighted by molar-refractivity contribution is -0.107. The Morgan fingerprint density at radius 3 is 2.71 bits per heavy atom. The van der Waals surface area contributed by atoms with E-state index in [1.165, 1.54) is 18.9 Å². The van der Waals surface area contributed by atoms with E-state index in [9.17, 15) is 4.39 Å². The SMILES string of the molecule is CCC1(c2nc(NCC3CC3)ncc2C(OC)OC)CCN(Cc2ccccc2F)C1. The Morgan fingerprint density at radius 2 is 2.03 bits per heavy atom. The van der Waals surface area contributed by atoms with Crippen molar-refractivity contribution in [2.75, 3.05) is 39.2 Å². The number of ether oxygens (including phenoxy) is 2. The van der Waals surface area contributed by atoms with Crippen LogP contribution in [0, 0.1) is 11.7 Å². The second-order valence-corrected chi connectivity index (χ2v) is 8.81. The summed E-state index contributed by atoms with van der Waals surface area (Å²) in [5.41, 5.74) is 2.43. The summed E-state index contributed by atoms with van der Waals surface area (Å²) in [4.78, 5) is 11.9. The molecule has 2 aromatic rings. The second-order valence-electron chi connectivity index (χ2n) is 8.81. The molecule has 1 aliphatic heterocycles. The summed E-state index contributed by atoms with van der Waals surface area (Å²) in [5, 5.41) is 3.41. The average Bonchev–Trinajstić information content (AvgIpc) is 3.54. The molecule has 31 heavy (non-hydrogen) atoms. The fourth-order valence-electron chi connectivity index (χ4n) is 4.59. The average molecular weight is 429 g/mol. The van der Waals surface area contributed by atoms with Crippen LogP contribution >= 0.6 is 0 Å². The minimum absolute atomic E-state index is 0.149. The highest BCUT2D eigenvalue weighted by Crippen LogP contribution is 2.41. The second kappa shape index (κ2) is 9.59. The monoisotopic (exact) mass is 428 g/mol. The molecule has 2 fully saturated rings. The molecule has 0 bridgehead atoms. The van der Waals surface area contributed by atoms with Crippen LogP contribution in [-0.2, 0) is 21.4 Å². The number of halogens is 1.